The first-order valence-corrected chi connectivity index (χ1v) is 14.2. The molecule has 2 aliphatic carbocycles. The van der Waals surface area contributed by atoms with E-state index in [2.05, 4.69) is 126 Å². The van der Waals surface area contributed by atoms with Gasteiger partial charge in [-0.15, -0.1) is 0 Å². The topological polar surface area (TPSA) is 52.7 Å². The van der Waals surface area contributed by atoms with Gasteiger partial charge in [-0.25, -0.2) is 0 Å². The van der Waals surface area contributed by atoms with Crippen molar-refractivity contribution in [2.24, 2.45) is 10.8 Å². The number of nitrogens with zero attached hydrogens (tertiary/aromatic N) is 2. The predicted octanol–water partition coefficient (Wildman–Crippen LogP) is 6.21. The molecule has 0 aromatic heterocycles. The van der Waals surface area contributed by atoms with E-state index in [9.17, 15) is 9.59 Å². The molecule has 3 aliphatic heterocycles. The van der Waals surface area contributed by atoms with Crippen molar-refractivity contribution in [1.82, 2.24) is 5.32 Å². The normalized spacial score (nSPS) is 35.8. The number of carbonyl (C=O) groups is 2. The zero-order valence-corrected chi connectivity index (χ0v) is 22.5. The Labute approximate surface area is 233 Å². The fourth-order valence-electron chi connectivity index (χ4n) is 10.1. The molecule has 40 heavy (non-hydrogen) atoms. The van der Waals surface area contributed by atoms with Gasteiger partial charge in [-0.2, -0.15) is 0 Å². The Morgan fingerprint density at radius 2 is 1.30 bits per heavy atom. The lowest BCUT2D eigenvalue weighted by Gasteiger charge is -2.57. The maximum absolute atomic E-state index is 14.3. The molecule has 9 rings (SSSR count). The standard InChI is InChI=1S/C35H29N3O2/c1-32-25-18-10-12-20-27(25)37(22-13-5-3-6-14-22)29(32)33(2)30(39)36-31(40)34(33)21-35(34)28(32)24-17-9-11-19-26(24)38(35)23-15-7-4-8-16-23/h3-20,28-29H,21H2,1-2H3,(H,36,39,40). The van der Waals surface area contributed by atoms with Crippen molar-refractivity contribution < 1.29 is 9.59 Å². The molecule has 0 radical (unpaired) electrons. The summed E-state index contributed by atoms with van der Waals surface area (Å²) in [5.74, 6) is -0.271. The molecule has 5 heteroatoms. The summed E-state index contributed by atoms with van der Waals surface area (Å²) in [6, 6.07) is 37.9. The highest BCUT2D eigenvalue weighted by molar-refractivity contribution is 6.16. The molecule has 4 aromatic rings. The van der Waals surface area contributed by atoms with Gasteiger partial charge in [0, 0.05) is 34.1 Å². The molecule has 0 bridgehead atoms. The van der Waals surface area contributed by atoms with Gasteiger partial charge in [0.25, 0.3) is 0 Å². The van der Waals surface area contributed by atoms with Crippen LogP contribution in [0.4, 0.5) is 22.7 Å². The Hall–Kier alpha value is -4.38. The van der Waals surface area contributed by atoms with E-state index in [-0.39, 0.29) is 23.8 Å². The van der Waals surface area contributed by atoms with Crippen molar-refractivity contribution >= 4 is 34.6 Å². The Morgan fingerprint density at radius 3 is 2.02 bits per heavy atom. The molecule has 2 spiro atoms. The molecule has 5 aliphatic rings. The first-order chi connectivity index (χ1) is 19.4. The predicted molar refractivity (Wildman–Crippen MR) is 155 cm³/mol. The summed E-state index contributed by atoms with van der Waals surface area (Å²) in [6.07, 6.45) is 0.638. The van der Waals surface area contributed by atoms with E-state index in [1.54, 1.807) is 0 Å². The lowest BCUT2D eigenvalue weighted by atomic mass is 9.48. The number of para-hydroxylation sites is 4. The first-order valence-electron chi connectivity index (χ1n) is 14.2. The van der Waals surface area contributed by atoms with E-state index in [1.807, 2.05) is 12.1 Å². The number of anilines is 4. The van der Waals surface area contributed by atoms with E-state index in [1.165, 1.54) is 11.1 Å². The number of hydrogen-bond acceptors (Lipinski definition) is 4. The van der Waals surface area contributed by atoms with Gasteiger partial charge in [0.15, 0.2) is 0 Å². The molecule has 196 valence electrons. The second kappa shape index (κ2) is 6.84. The van der Waals surface area contributed by atoms with E-state index < -0.39 is 21.8 Å². The maximum atomic E-state index is 14.3. The van der Waals surface area contributed by atoms with Crippen LogP contribution in [0.15, 0.2) is 109 Å². The molecule has 2 amide bonds. The SMILES string of the molecule is CC12c3ccccc3N(c3ccccc3)C1C1(C)C(=O)NC(=O)C13CC31C2c2ccccc2N1c1ccccc1. The molecule has 6 unspecified atom stereocenters. The maximum Gasteiger partial charge on any atom is 0.236 e. The summed E-state index contributed by atoms with van der Waals surface area (Å²) in [6.45, 7) is 4.44. The molecule has 2 saturated carbocycles. The number of nitrogens with one attached hydrogen (secondary N) is 1. The summed E-state index contributed by atoms with van der Waals surface area (Å²) in [7, 11) is 0. The average molecular weight is 524 g/mol. The highest BCUT2D eigenvalue weighted by Crippen LogP contribution is 2.88. The van der Waals surface area contributed by atoms with Crippen molar-refractivity contribution in [2.45, 2.75) is 43.2 Å². The fraction of sp³-hybridized carbons (Fsp3) is 0.257. The number of fused-ring (bicyclic) bond motifs is 7. The molecule has 1 N–H and O–H groups in total. The minimum absolute atomic E-state index is 0.000920. The van der Waals surface area contributed by atoms with Crippen molar-refractivity contribution in [3.63, 3.8) is 0 Å². The van der Waals surface area contributed by atoms with Gasteiger partial charge >= 0.3 is 0 Å². The van der Waals surface area contributed by atoms with Crippen LogP contribution < -0.4 is 15.1 Å². The lowest BCUT2D eigenvalue weighted by Crippen LogP contribution is -2.68. The second-order valence-corrected chi connectivity index (χ2v) is 12.6. The van der Waals surface area contributed by atoms with Gasteiger partial charge in [0.2, 0.25) is 11.8 Å². The van der Waals surface area contributed by atoms with Crippen molar-refractivity contribution in [2.75, 3.05) is 9.80 Å². The van der Waals surface area contributed by atoms with Gasteiger partial charge in [0.05, 0.1) is 22.4 Å². The number of carbonyl (C=O) groups excluding carboxylic acids is 2. The Kier molecular flexibility index (Phi) is 3.84. The van der Waals surface area contributed by atoms with Crippen molar-refractivity contribution in [1.29, 1.82) is 0 Å². The minimum atomic E-state index is -0.959. The Balaban J connectivity index is 1.42. The molecular weight excluding hydrogens is 494 g/mol. The molecular formula is C35H29N3O2. The van der Waals surface area contributed by atoms with Crippen LogP contribution >= 0.6 is 0 Å². The number of hydrogen-bond donors (Lipinski definition) is 1. The lowest BCUT2D eigenvalue weighted by molar-refractivity contribution is -0.134. The highest BCUT2D eigenvalue weighted by atomic mass is 16.2. The summed E-state index contributed by atoms with van der Waals surface area (Å²) in [5, 5.41) is 2.89. The van der Waals surface area contributed by atoms with E-state index >= 15 is 0 Å². The average Bonchev–Trinajstić information content (AvgIpc) is 3.40. The van der Waals surface area contributed by atoms with Gasteiger partial charge in [-0.3, -0.25) is 14.9 Å². The fourth-order valence-corrected chi connectivity index (χ4v) is 10.1. The Morgan fingerprint density at radius 1 is 0.700 bits per heavy atom. The van der Waals surface area contributed by atoms with Crippen LogP contribution in [0.1, 0.15) is 37.3 Å². The molecule has 3 heterocycles. The van der Waals surface area contributed by atoms with Crippen LogP contribution in [0.25, 0.3) is 0 Å². The van der Waals surface area contributed by atoms with Gasteiger partial charge in [-0.05, 0) is 60.9 Å². The third-order valence-electron chi connectivity index (χ3n) is 11.3. The van der Waals surface area contributed by atoms with E-state index in [0.717, 1.165) is 22.7 Å². The van der Waals surface area contributed by atoms with Crippen molar-refractivity contribution in [3.05, 3.63) is 120 Å². The number of benzene rings is 4. The molecule has 1 saturated heterocycles. The van der Waals surface area contributed by atoms with Gasteiger partial charge in [0.1, 0.15) is 0 Å². The van der Waals surface area contributed by atoms with Crippen LogP contribution in [0.2, 0.25) is 0 Å². The zero-order chi connectivity index (χ0) is 27.1. The second-order valence-electron chi connectivity index (χ2n) is 12.6. The Bertz CT molecular complexity index is 1770. The van der Waals surface area contributed by atoms with Crippen LogP contribution in [0, 0.1) is 10.8 Å². The largest absolute Gasteiger partial charge is 0.336 e. The van der Waals surface area contributed by atoms with Crippen molar-refractivity contribution in [3.8, 4) is 0 Å². The minimum Gasteiger partial charge on any atom is -0.336 e. The monoisotopic (exact) mass is 523 g/mol. The summed E-state index contributed by atoms with van der Waals surface area (Å²) in [4.78, 5) is 33.4. The number of rotatable bonds is 2. The summed E-state index contributed by atoms with van der Waals surface area (Å²) >= 11 is 0. The summed E-state index contributed by atoms with van der Waals surface area (Å²) < 4.78 is 0. The third kappa shape index (κ3) is 2.07. The number of amides is 2. The highest BCUT2D eigenvalue weighted by Gasteiger charge is 2.96. The third-order valence-corrected chi connectivity index (χ3v) is 11.3. The molecule has 4 aromatic carbocycles. The summed E-state index contributed by atoms with van der Waals surface area (Å²) in [5.41, 5.74) is 4.04. The molecule has 3 fully saturated rings. The van der Waals surface area contributed by atoms with Gasteiger partial charge in [-0.1, -0.05) is 79.7 Å². The van der Waals surface area contributed by atoms with Crippen LogP contribution in [0.5, 0.6) is 0 Å². The van der Waals surface area contributed by atoms with Gasteiger partial charge < -0.3 is 9.80 Å². The van der Waals surface area contributed by atoms with E-state index in [0.29, 0.717) is 6.42 Å². The van der Waals surface area contributed by atoms with Crippen LogP contribution in [0.3, 0.4) is 0 Å². The molecule has 6 atom stereocenters. The quantitative estimate of drug-likeness (QED) is 0.318. The van der Waals surface area contributed by atoms with E-state index in [4.69, 9.17) is 0 Å². The smallest absolute Gasteiger partial charge is 0.236 e. The number of imide groups is 1. The van der Waals surface area contributed by atoms with Crippen LogP contribution in [-0.4, -0.2) is 23.4 Å². The van der Waals surface area contributed by atoms with Crippen LogP contribution in [-0.2, 0) is 15.0 Å². The zero-order valence-electron chi connectivity index (χ0n) is 22.5. The first kappa shape index (κ1) is 22.4. The molecule has 5 nitrogen and oxygen atoms in total.